The Kier molecular flexibility index (Phi) is 3.34. The van der Waals surface area contributed by atoms with E-state index in [4.69, 9.17) is 4.74 Å². The highest BCUT2D eigenvalue weighted by atomic mass is 32.1. The smallest absolute Gasteiger partial charge is 0.211 e. The van der Waals surface area contributed by atoms with Gasteiger partial charge < -0.3 is 9.64 Å². The van der Waals surface area contributed by atoms with Gasteiger partial charge in [0, 0.05) is 27.2 Å². The summed E-state index contributed by atoms with van der Waals surface area (Å²) in [6, 6.07) is 14.3. The Bertz CT molecular complexity index is 947. The van der Waals surface area contributed by atoms with Gasteiger partial charge in [0.2, 0.25) is 5.43 Å². The average Bonchev–Trinajstić information content (AvgIpc) is 2.91. The largest absolute Gasteiger partial charge is 0.497 e. The highest BCUT2D eigenvalue weighted by Gasteiger charge is 2.28. The monoisotopic (exact) mass is 323 g/mol. The van der Waals surface area contributed by atoms with Gasteiger partial charge in [0.15, 0.2) is 0 Å². The summed E-state index contributed by atoms with van der Waals surface area (Å²) in [5, 5.41) is 2.71. The average molecular weight is 323 g/mol. The maximum atomic E-state index is 13.0. The predicted molar refractivity (Wildman–Crippen MR) is 96.4 cm³/mol. The first kappa shape index (κ1) is 14.3. The van der Waals surface area contributed by atoms with Crippen LogP contribution >= 0.6 is 11.3 Å². The molecule has 0 N–H and O–H groups in total. The summed E-state index contributed by atoms with van der Waals surface area (Å²) in [6.07, 6.45) is 0.969. The Labute approximate surface area is 138 Å². The van der Waals surface area contributed by atoms with Crippen LogP contribution in [0.2, 0.25) is 0 Å². The molecule has 0 spiro atoms. The van der Waals surface area contributed by atoms with E-state index in [1.54, 1.807) is 18.4 Å². The van der Waals surface area contributed by atoms with Gasteiger partial charge in [-0.2, -0.15) is 0 Å². The molecule has 0 bridgehead atoms. The summed E-state index contributed by atoms with van der Waals surface area (Å²) >= 11 is 1.60. The number of rotatable bonds is 2. The van der Waals surface area contributed by atoms with Crippen LogP contribution in [-0.2, 0) is 6.42 Å². The molecule has 1 unspecified atom stereocenters. The molecule has 1 atom stereocenters. The lowest BCUT2D eigenvalue weighted by atomic mass is 10.1. The van der Waals surface area contributed by atoms with E-state index in [9.17, 15) is 4.79 Å². The molecule has 0 saturated carbocycles. The van der Waals surface area contributed by atoms with Crippen molar-refractivity contribution in [3.05, 3.63) is 63.6 Å². The van der Waals surface area contributed by atoms with Crippen LogP contribution in [-0.4, -0.2) is 13.2 Å². The molecule has 23 heavy (non-hydrogen) atoms. The summed E-state index contributed by atoms with van der Waals surface area (Å²) in [4.78, 5) is 15.2. The standard InChI is InChI=1S/C19H17NO2S/c1-12-9-13-5-3-4-6-16(13)20(12)17-11-23-18-8-7-14(22-2)10-15(18)19(17)21/h3-8,10-12H,9H2,1-2H3. The van der Waals surface area contributed by atoms with Crippen LogP contribution in [0.5, 0.6) is 5.75 Å². The Morgan fingerprint density at radius 2 is 2.00 bits per heavy atom. The number of ether oxygens (including phenoxy) is 1. The molecule has 1 aliphatic rings. The van der Waals surface area contributed by atoms with Crippen molar-refractivity contribution in [1.29, 1.82) is 0 Å². The van der Waals surface area contributed by atoms with Gasteiger partial charge in [-0.1, -0.05) is 18.2 Å². The highest BCUT2D eigenvalue weighted by molar-refractivity contribution is 7.16. The summed E-state index contributed by atoms with van der Waals surface area (Å²) in [6.45, 7) is 2.17. The Hall–Kier alpha value is -2.33. The minimum atomic E-state index is 0.0706. The fourth-order valence-corrected chi connectivity index (χ4v) is 4.21. The highest BCUT2D eigenvalue weighted by Crippen LogP contribution is 2.38. The van der Waals surface area contributed by atoms with Crippen molar-refractivity contribution in [2.75, 3.05) is 12.0 Å². The van der Waals surface area contributed by atoms with E-state index < -0.39 is 0 Å². The molecule has 2 heterocycles. The second-order valence-corrected chi connectivity index (χ2v) is 6.78. The quantitative estimate of drug-likeness (QED) is 0.702. The molecular formula is C19H17NO2S. The number of methoxy groups -OCH3 is 1. The van der Waals surface area contributed by atoms with E-state index >= 15 is 0 Å². The molecule has 1 aliphatic heterocycles. The minimum absolute atomic E-state index is 0.0706. The number of anilines is 2. The van der Waals surface area contributed by atoms with Gasteiger partial charge in [-0.3, -0.25) is 4.79 Å². The maximum absolute atomic E-state index is 13.0. The van der Waals surface area contributed by atoms with Gasteiger partial charge in [0.05, 0.1) is 7.11 Å². The summed E-state index contributed by atoms with van der Waals surface area (Å²) in [7, 11) is 1.62. The van der Waals surface area contributed by atoms with Crippen LogP contribution in [0.1, 0.15) is 12.5 Å². The molecule has 4 heteroatoms. The first-order valence-corrected chi connectivity index (χ1v) is 8.53. The molecule has 0 saturated heterocycles. The van der Waals surface area contributed by atoms with Crippen LogP contribution in [0.15, 0.2) is 52.6 Å². The molecule has 0 aliphatic carbocycles. The summed E-state index contributed by atoms with van der Waals surface area (Å²) in [5.41, 5.74) is 3.27. The van der Waals surface area contributed by atoms with Gasteiger partial charge in [-0.25, -0.2) is 0 Å². The topological polar surface area (TPSA) is 29.5 Å². The van der Waals surface area contributed by atoms with Gasteiger partial charge in [-0.05, 0) is 43.2 Å². The summed E-state index contributed by atoms with van der Waals surface area (Å²) < 4.78 is 6.26. The van der Waals surface area contributed by atoms with Crippen LogP contribution < -0.4 is 15.1 Å². The molecule has 3 nitrogen and oxygen atoms in total. The Morgan fingerprint density at radius 1 is 1.17 bits per heavy atom. The van der Waals surface area contributed by atoms with E-state index in [1.165, 1.54) is 5.56 Å². The van der Waals surface area contributed by atoms with Crippen molar-refractivity contribution >= 4 is 32.8 Å². The van der Waals surface area contributed by atoms with E-state index in [-0.39, 0.29) is 11.5 Å². The summed E-state index contributed by atoms with van der Waals surface area (Å²) in [5.74, 6) is 0.717. The van der Waals surface area contributed by atoms with Gasteiger partial charge in [-0.15, -0.1) is 11.3 Å². The third-order valence-electron chi connectivity index (χ3n) is 4.43. The van der Waals surface area contributed by atoms with Gasteiger partial charge >= 0.3 is 0 Å². The van der Waals surface area contributed by atoms with Crippen LogP contribution in [0, 0.1) is 0 Å². The minimum Gasteiger partial charge on any atom is -0.497 e. The number of hydrogen-bond donors (Lipinski definition) is 0. The lowest BCUT2D eigenvalue weighted by Gasteiger charge is -2.24. The molecule has 3 aromatic rings. The molecule has 0 radical (unpaired) electrons. The molecule has 0 amide bonds. The molecule has 116 valence electrons. The SMILES string of the molecule is COc1ccc2scc(N3c4ccccc4CC3C)c(=O)c2c1. The number of hydrogen-bond acceptors (Lipinski definition) is 4. The zero-order valence-corrected chi connectivity index (χ0v) is 13.9. The van der Waals surface area contributed by atoms with Crippen molar-refractivity contribution in [3.8, 4) is 5.75 Å². The molecule has 1 aromatic heterocycles. The molecule has 0 fully saturated rings. The van der Waals surface area contributed by atoms with E-state index in [1.807, 2.05) is 29.6 Å². The zero-order valence-electron chi connectivity index (χ0n) is 13.1. The lowest BCUT2D eigenvalue weighted by molar-refractivity contribution is 0.415. The van der Waals surface area contributed by atoms with E-state index in [0.717, 1.165) is 27.9 Å². The van der Waals surface area contributed by atoms with Crippen molar-refractivity contribution < 1.29 is 4.74 Å². The second kappa shape index (κ2) is 5.39. The van der Waals surface area contributed by atoms with E-state index in [2.05, 4.69) is 30.0 Å². The van der Waals surface area contributed by atoms with Crippen molar-refractivity contribution in [2.24, 2.45) is 0 Å². The third-order valence-corrected chi connectivity index (χ3v) is 5.38. The van der Waals surface area contributed by atoms with Crippen LogP contribution in [0.3, 0.4) is 0 Å². The van der Waals surface area contributed by atoms with E-state index in [0.29, 0.717) is 5.75 Å². The van der Waals surface area contributed by atoms with Gasteiger partial charge in [0.1, 0.15) is 11.4 Å². The van der Waals surface area contributed by atoms with Gasteiger partial charge in [0.25, 0.3) is 0 Å². The van der Waals surface area contributed by atoms with Crippen molar-refractivity contribution in [2.45, 2.75) is 19.4 Å². The van der Waals surface area contributed by atoms with Crippen LogP contribution in [0.4, 0.5) is 11.4 Å². The third kappa shape index (κ3) is 2.21. The number of para-hydroxylation sites is 1. The molecule has 2 aromatic carbocycles. The predicted octanol–water partition coefficient (Wildman–Crippen LogP) is 4.35. The Morgan fingerprint density at radius 3 is 2.83 bits per heavy atom. The fraction of sp³-hybridized carbons (Fsp3) is 0.211. The molecule has 4 rings (SSSR count). The second-order valence-electron chi connectivity index (χ2n) is 5.86. The fourth-order valence-electron chi connectivity index (χ4n) is 3.33. The lowest BCUT2D eigenvalue weighted by Crippen LogP contribution is -2.28. The first-order chi connectivity index (χ1) is 11.2. The first-order valence-electron chi connectivity index (χ1n) is 7.65. The normalized spacial score (nSPS) is 16.6. The number of nitrogens with zero attached hydrogens (tertiary/aromatic N) is 1. The molecular weight excluding hydrogens is 306 g/mol. The number of fused-ring (bicyclic) bond motifs is 2. The van der Waals surface area contributed by atoms with Crippen molar-refractivity contribution in [3.63, 3.8) is 0 Å². The van der Waals surface area contributed by atoms with Crippen molar-refractivity contribution in [1.82, 2.24) is 0 Å². The zero-order chi connectivity index (χ0) is 16.0. The number of benzene rings is 2. The maximum Gasteiger partial charge on any atom is 0.211 e. The Balaban J connectivity index is 1.93. The van der Waals surface area contributed by atoms with Crippen LogP contribution in [0.25, 0.3) is 10.1 Å².